The second-order valence-electron chi connectivity index (χ2n) is 5.42. The molecule has 104 valence electrons. The summed E-state index contributed by atoms with van der Waals surface area (Å²) in [5.41, 5.74) is 0.722. The van der Waals surface area contributed by atoms with Crippen LogP contribution in [-0.4, -0.2) is 34.0 Å². The predicted molar refractivity (Wildman–Crippen MR) is 73.5 cm³/mol. The molecule has 20 heavy (non-hydrogen) atoms. The van der Waals surface area contributed by atoms with Crippen molar-refractivity contribution in [2.75, 3.05) is 13.1 Å². The number of aromatic nitrogens is 2. The first-order valence-corrected chi connectivity index (χ1v) is 6.83. The van der Waals surface area contributed by atoms with Crippen LogP contribution in [0.1, 0.15) is 47.8 Å². The molecule has 1 saturated heterocycles. The van der Waals surface area contributed by atoms with E-state index in [1.807, 2.05) is 44.2 Å². The van der Waals surface area contributed by atoms with E-state index in [2.05, 4.69) is 10.1 Å². The van der Waals surface area contributed by atoms with Crippen molar-refractivity contribution < 1.29 is 9.32 Å². The van der Waals surface area contributed by atoms with Crippen molar-refractivity contribution in [2.45, 2.75) is 25.7 Å². The monoisotopic (exact) mass is 271 g/mol. The lowest BCUT2D eigenvalue weighted by Crippen LogP contribution is -2.48. The molecule has 2 aromatic rings. The first kappa shape index (κ1) is 12.8. The number of carbonyl (C=O) groups is 1. The summed E-state index contributed by atoms with van der Waals surface area (Å²) in [5.74, 6) is 1.86. The van der Waals surface area contributed by atoms with Gasteiger partial charge in [0.2, 0.25) is 5.89 Å². The minimum Gasteiger partial charge on any atom is -0.339 e. The third-order valence-corrected chi connectivity index (χ3v) is 3.51. The molecule has 1 aromatic carbocycles. The summed E-state index contributed by atoms with van der Waals surface area (Å²) in [4.78, 5) is 18.4. The van der Waals surface area contributed by atoms with Gasteiger partial charge < -0.3 is 9.42 Å². The molecule has 5 nitrogen and oxygen atoms in total. The summed E-state index contributed by atoms with van der Waals surface area (Å²) in [6, 6.07) is 9.31. The smallest absolute Gasteiger partial charge is 0.253 e. The second kappa shape index (κ2) is 5.07. The minimum absolute atomic E-state index is 0.0606. The van der Waals surface area contributed by atoms with E-state index < -0.39 is 0 Å². The standard InChI is InChI=1S/C15H17N3O2/c1-10(2)13-16-14(20-17-13)12-8-18(9-12)15(19)11-6-4-3-5-7-11/h3-7,10,12H,8-9H2,1-2H3. The number of amides is 1. The molecule has 2 heterocycles. The highest BCUT2D eigenvalue weighted by atomic mass is 16.5. The van der Waals surface area contributed by atoms with E-state index in [1.54, 1.807) is 4.90 Å². The molecular weight excluding hydrogens is 254 g/mol. The maximum atomic E-state index is 12.2. The molecule has 0 spiro atoms. The average Bonchev–Trinajstić information content (AvgIpc) is 2.87. The topological polar surface area (TPSA) is 59.2 Å². The number of hydrogen-bond donors (Lipinski definition) is 0. The Labute approximate surface area is 117 Å². The van der Waals surface area contributed by atoms with Crippen molar-refractivity contribution in [2.24, 2.45) is 0 Å². The van der Waals surface area contributed by atoms with Crippen LogP contribution in [0.2, 0.25) is 0 Å². The van der Waals surface area contributed by atoms with Gasteiger partial charge in [-0.2, -0.15) is 4.98 Å². The average molecular weight is 271 g/mol. The molecule has 0 aliphatic carbocycles. The van der Waals surface area contributed by atoms with E-state index in [4.69, 9.17) is 4.52 Å². The van der Waals surface area contributed by atoms with E-state index in [9.17, 15) is 4.79 Å². The SMILES string of the molecule is CC(C)c1noc(C2CN(C(=O)c3ccccc3)C2)n1. The van der Waals surface area contributed by atoms with Crippen molar-refractivity contribution in [3.05, 3.63) is 47.6 Å². The van der Waals surface area contributed by atoms with E-state index in [0.717, 1.165) is 11.4 Å². The summed E-state index contributed by atoms with van der Waals surface area (Å²) >= 11 is 0. The van der Waals surface area contributed by atoms with Crippen molar-refractivity contribution >= 4 is 5.91 Å². The highest BCUT2D eigenvalue weighted by Crippen LogP contribution is 2.27. The molecule has 5 heteroatoms. The van der Waals surface area contributed by atoms with Gasteiger partial charge in [0.15, 0.2) is 5.82 Å². The van der Waals surface area contributed by atoms with Gasteiger partial charge >= 0.3 is 0 Å². The fourth-order valence-corrected chi connectivity index (χ4v) is 2.21. The van der Waals surface area contributed by atoms with Gasteiger partial charge in [-0.25, -0.2) is 0 Å². The van der Waals surface area contributed by atoms with Gasteiger partial charge in [0.1, 0.15) is 0 Å². The van der Waals surface area contributed by atoms with Crippen LogP contribution in [0.3, 0.4) is 0 Å². The Morgan fingerprint density at radius 2 is 2.00 bits per heavy atom. The Morgan fingerprint density at radius 1 is 1.30 bits per heavy atom. The van der Waals surface area contributed by atoms with Crippen LogP contribution in [0.15, 0.2) is 34.9 Å². The third-order valence-electron chi connectivity index (χ3n) is 3.51. The van der Waals surface area contributed by atoms with Crippen LogP contribution in [0.25, 0.3) is 0 Å². The zero-order valence-corrected chi connectivity index (χ0v) is 11.6. The number of likely N-dealkylation sites (tertiary alicyclic amines) is 1. The van der Waals surface area contributed by atoms with Crippen LogP contribution in [0.4, 0.5) is 0 Å². The van der Waals surface area contributed by atoms with Crippen LogP contribution in [-0.2, 0) is 0 Å². The third kappa shape index (κ3) is 2.31. The molecule has 0 bridgehead atoms. The van der Waals surface area contributed by atoms with Crippen LogP contribution >= 0.6 is 0 Å². The molecule has 0 N–H and O–H groups in total. The molecule has 0 atom stereocenters. The highest BCUT2D eigenvalue weighted by Gasteiger charge is 2.36. The fraction of sp³-hybridized carbons (Fsp3) is 0.400. The van der Waals surface area contributed by atoms with Crippen LogP contribution < -0.4 is 0 Å². The van der Waals surface area contributed by atoms with Crippen molar-refractivity contribution in [3.63, 3.8) is 0 Å². The fourth-order valence-electron chi connectivity index (χ4n) is 2.21. The Kier molecular flexibility index (Phi) is 3.26. The summed E-state index contributed by atoms with van der Waals surface area (Å²) in [6.45, 7) is 5.35. The molecular formula is C15H17N3O2. The summed E-state index contributed by atoms with van der Waals surface area (Å²) in [7, 11) is 0. The lowest BCUT2D eigenvalue weighted by Gasteiger charge is -2.37. The first-order chi connectivity index (χ1) is 9.65. The van der Waals surface area contributed by atoms with E-state index in [1.165, 1.54) is 0 Å². The molecule has 1 aliphatic rings. The minimum atomic E-state index is 0.0606. The van der Waals surface area contributed by atoms with Gasteiger partial charge in [-0.15, -0.1) is 0 Å². The second-order valence-corrected chi connectivity index (χ2v) is 5.42. The molecule has 1 aliphatic heterocycles. The van der Waals surface area contributed by atoms with Crippen molar-refractivity contribution in [1.29, 1.82) is 0 Å². The lowest BCUT2D eigenvalue weighted by molar-refractivity contribution is 0.0569. The molecule has 1 amide bonds. The van der Waals surface area contributed by atoms with Gasteiger partial charge in [-0.05, 0) is 12.1 Å². The normalized spacial score (nSPS) is 15.4. The zero-order chi connectivity index (χ0) is 14.1. The summed E-state index contributed by atoms with van der Waals surface area (Å²) in [5, 5.41) is 3.96. The van der Waals surface area contributed by atoms with Gasteiger partial charge in [0.25, 0.3) is 5.91 Å². The first-order valence-electron chi connectivity index (χ1n) is 6.83. The van der Waals surface area contributed by atoms with E-state index in [-0.39, 0.29) is 17.7 Å². The Bertz CT molecular complexity index is 601. The molecule has 0 unspecified atom stereocenters. The summed E-state index contributed by atoms with van der Waals surface area (Å²) in [6.07, 6.45) is 0. The maximum absolute atomic E-state index is 12.2. The van der Waals surface area contributed by atoms with Gasteiger partial charge in [0.05, 0.1) is 5.92 Å². The van der Waals surface area contributed by atoms with Crippen molar-refractivity contribution in [3.8, 4) is 0 Å². The largest absolute Gasteiger partial charge is 0.339 e. The van der Waals surface area contributed by atoms with E-state index in [0.29, 0.717) is 19.0 Å². The lowest BCUT2D eigenvalue weighted by atomic mass is 9.98. The van der Waals surface area contributed by atoms with Crippen LogP contribution in [0, 0.1) is 0 Å². The van der Waals surface area contributed by atoms with Gasteiger partial charge in [-0.1, -0.05) is 37.2 Å². The van der Waals surface area contributed by atoms with Crippen LogP contribution in [0.5, 0.6) is 0 Å². The number of nitrogens with zero attached hydrogens (tertiary/aromatic N) is 3. The number of hydrogen-bond acceptors (Lipinski definition) is 4. The quantitative estimate of drug-likeness (QED) is 0.860. The Balaban J connectivity index is 1.62. The summed E-state index contributed by atoms with van der Waals surface area (Å²) < 4.78 is 5.26. The zero-order valence-electron chi connectivity index (χ0n) is 11.6. The number of benzene rings is 1. The van der Waals surface area contributed by atoms with E-state index >= 15 is 0 Å². The van der Waals surface area contributed by atoms with Crippen molar-refractivity contribution in [1.82, 2.24) is 15.0 Å². The number of carbonyl (C=O) groups excluding carboxylic acids is 1. The van der Waals surface area contributed by atoms with Gasteiger partial charge in [-0.3, -0.25) is 4.79 Å². The molecule has 0 saturated carbocycles. The highest BCUT2D eigenvalue weighted by molar-refractivity contribution is 5.94. The molecule has 1 aromatic heterocycles. The molecule has 0 radical (unpaired) electrons. The predicted octanol–water partition coefficient (Wildman–Crippen LogP) is 2.43. The maximum Gasteiger partial charge on any atom is 0.253 e. The Morgan fingerprint density at radius 3 is 2.60 bits per heavy atom. The molecule has 1 fully saturated rings. The number of rotatable bonds is 3. The Hall–Kier alpha value is -2.17. The molecule has 3 rings (SSSR count). The van der Waals surface area contributed by atoms with Gasteiger partial charge in [0, 0.05) is 24.6 Å².